The number of carbonyl (C=O) groups is 1. The van der Waals surface area contributed by atoms with Crippen LogP contribution in [-0.2, 0) is 6.42 Å². The Hall–Kier alpha value is -2.66. The van der Waals surface area contributed by atoms with E-state index in [0.29, 0.717) is 5.56 Å². The van der Waals surface area contributed by atoms with Crippen LogP contribution in [-0.4, -0.2) is 5.78 Å². The summed E-state index contributed by atoms with van der Waals surface area (Å²) in [4.78, 5) is 12.4. The minimum absolute atomic E-state index is 0.121. The van der Waals surface area contributed by atoms with Gasteiger partial charge in [-0.1, -0.05) is 36.4 Å². The molecule has 96 valence electrons. The molecule has 0 amide bonds. The van der Waals surface area contributed by atoms with Gasteiger partial charge in [0, 0.05) is 11.1 Å². The molecule has 2 aromatic carbocycles. The maximum absolute atomic E-state index is 12.4. The van der Waals surface area contributed by atoms with Crippen LogP contribution in [0.2, 0.25) is 0 Å². The van der Waals surface area contributed by atoms with E-state index >= 15 is 0 Å². The Labute approximate surface area is 118 Å². The maximum Gasteiger partial charge on any atom is 0.189 e. The Morgan fingerprint density at radius 2 is 1.75 bits per heavy atom. The number of allylic oxidation sites excluding steroid dienone is 1. The van der Waals surface area contributed by atoms with Crippen molar-refractivity contribution in [2.45, 2.75) is 12.8 Å². The van der Waals surface area contributed by atoms with Gasteiger partial charge in [0.2, 0.25) is 0 Å². The van der Waals surface area contributed by atoms with Crippen LogP contribution < -0.4 is 0 Å². The van der Waals surface area contributed by atoms with Gasteiger partial charge >= 0.3 is 0 Å². The fourth-order valence-corrected chi connectivity index (χ4v) is 2.51. The summed E-state index contributed by atoms with van der Waals surface area (Å²) < 4.78 is 0. The lowest BCUT2D eigenvalue weighted by Gasteiger charge is -2.17. The molecular formula is C18H13NO. The summed E-state index contributed by atoms with van der Waals surface area (Å²) >= 11 is 0. The van der Waals surface area contributed by atoms with Crippen LogP contribution in [0.3, 0.4) is 0 Å². The predicted molar refractivity (Wildman–Crippen MR) is 78.2 cm³/mol. The van der Waals surface area contributed by atoms with Gasteiger partial charge in [0.05, 0.1) is 11.6 Å². The molecule has 0 N–H and O–H groups in total. The van der Waals surface area contributed by atoms with Gasteiger partial charge in [0.15, 0.2) is 5.78 Å². The van der Waals surface area contributed by atoms with Crippen molar-refractivity contribution >= 4 is 11.9 Å². The number of Topliss-reactive ketones (excluding diaryl/α,β-unsaturated/α-hetero) is 1. The molecule has 0 atom stereocenters. The van der Waals surface area contributed by atoms with E-state index in [0.717, 1.165) is 35.1 Å². The molecule has 0 heterocycles. The molecule has 2 nitrogen and oxygen atoms in total. The summed E-state index contributed by atoms with van der Waals surface area (Å²) in [6, 6.07) is 17.2. The van der Waals surface area contributed by atoms with Gasteiger partial charge in [-0.3, -0.25) is 4.79 Å². The molecular weight excluding hydrogens is 246 g/mol. The van der Waals surface area contributed by atoms with Crippen LogP contribution in [0.1, 0.15) is 33.5 Å². The highest BCUT2D eigenvalue weighted by molar-refractivity contribution is 6.13. The second kappa shape index (κ2) is 5.14. The number of hydrogen-bond acceptors (Lipinski definition) is 2. The van der Waals surface area contributed by atoms with Gasteiger partial charge in [0.25, 0.3) is 0 Å². The number of fused-ring (bicyclic) bond motifs is 1. The molecule has 0 spiro atoms. The van der Waals surface area contributed by atoms with Crippen molar-refractivity contribution in [3.05, 3.63) is 76.4 Å². The summed E-state index contributed by atoms with van der Waals surface area (Å²) in [5.41, 5.74) is 4.39. The van der Waals surface area contributed by atoms with Gasteiger partial charge in [0.1, 0.15) is 0 Å². The molecule has 0 unspecified atom stereocenters. The number of rotatable bonds is 1. The van der Waals surface area contributed by atoms with Crippen molar-refractivity contribution in [3.8, 4) is 6.07 Å². The molecule has 3 rings (SSSR count). The monoisotopic (exact) mass is 259 g/mol. The highest BCUT2D eigenvalue weighted by Gasteiger charge is 2.20. The molecule has 20 heavy (non-hydrogen) atoms. The number of benzene rings is 2. The summed E-state index contributed by atoms with van der Waals surface area (Å²) in [5, 5.41) is 8.78. The van der Waals surface area contributed by atoms with Gasteiger partial charge in [-0.25, -0.2) is 0 Å². The zero-order valence-electron chi connectivity index (χ0n) is 11.0. The number of carbonyl (C=O) groups excluding carboxylic acids is 1. The first-order valence-corrected chi connectivity index (χ1v) is 6.61. The highest BCUT2D eigenvalue weighted by Crippen LogP contribution is 2.26. The van der Waals surface area contributed by atoms with Gasteiger partial charge in [-0.2, -0.15) is 5.26 Å². The molecule has 0 fully saturated rings. The molecule has 0 aliphatic heterocycles. The topological polar surface area (TPSA) is 40.9 Å². The second-order valence-electron chi connectivity index (χ2n) is 4.89. The minimum Gasteiger partial charge on any atom is -0.289 e. The van der Waals surface area contributed by atoms with Gasteiger partial charge in [-0.15, -0.1) is 0 Å². The predicted octanol–water partition coefficient (Wildman–Crippen LogP) is 3.77. The molecule has 2 heteroatoms. The van der Waals surface area contributed by atoms with Gasteiger partial charge in [-0.05, 0) is 42.2 Å². The van der Waals surface area contributed by atoms with Crippen LogP contribution in [0.25, 0.3) is 6.08 Å². The first-order valence-electron chi connectivity index (χ1n) is 6.61. The number of hydrogen-bond donors (Lipinski definition) is 0. The zero-order chi connectivity index (χ0) is 13.9. The van der Waals surface area contributed by atoms with Crippen LogP contribution in [0.15, 0.2) is 54.1 Å². The number of ketones is 1. The Balaban J connectivity index is 1.94. The average molecular weight is 259 g/mol. The largest absolute Gasteiger partial charge is 0.289 e. The summed E-state index contributed by atoms with van der Waals surface area (Å²) in [5.74, 6) is 0.121. The molecule has 1 aliphatic carbocycles. The van der Waals surface area contributed by atoms with E-state index in [4.69, 9.17) is 5.26 Å². The molecule has 0 saturated heterocycles. The van der Waals surface area contributed by atoms with Crippen LogP contribution in [0.5, 0.6) is 0 Å². The van der Waals surface area contributed by atoms with E-state index in [9.17, 15) is 4.79 Å². The molecule has 2 aromatic rings. The first-order chi connectivity index (χ1) is 9.78. The van der Waals surface area contributed by atoms with E-state index < -0.39 is 0 Å². The van der Waals surface area contributed by atoms with Crippen molar-refractivity contribution < 1.29 is 4.79 Å². The normalized spacial score (nSPS) is 15.8. The van der Waals surface area contributed by atoms with Crippen molar-refractivity contribution in [2.75, 3.05) is 0 Å². The number of aryl methyl sites for hydroxylation is 1. The van der Waals surface area contributed by atoms with E-state index in [-0.39, 0.29) is 5.78 Å². The molecule has 0 saturated carbocycles. The van der Waals surface area contributed by atoms with Crippen molar-refractivity contribution in [2.24, 2.45) is 0 Å². The number of nitrogens with zero attached hydrogens (tertiary/aromatic N) is 1. The highest BCUT2D eigenvalue weighted by atomic mass is 16.1. The van der Waals surface area contributed by atoms with Gasteiger partial charge < -0.3 is 0 Å². The summed E-state index contributed by atoms with van der Waals surface area (Å²) in [6.45, 7) is 0. The third-order valence-corrected chi connectivity index (χ3v) is 3.60. The lowest BCUT2D eigenvalue weighted by Crippen LogP contribution is -2.13. The summed E-state index contributed by atoms with van der Waals surface area (Å²) in [7, 11) is 0. The zero-order valence-corrected chi connectivity index (χ0v) is 11.0. The van der Waals surface area contributed by atoms with Crippen molar-refractivity contribution in [3.63, 3.8) is 0 Å². The van der Waals surface area contributed by atoms with E-state index in [1.54, 1.807) is 12.1 Å². The third-order valence-electron chi connectivity index (χ3n) is 3.60. The fraction of sp³-hybridized carbons (Fsp3) is 0.111. The van der Waals surface area contributed by atoms with Crippen LogP contribution in [0, 0.1) is 11.3 Å². The van der Waals surface area contributed by atoms with Crippen molar-refractivity contribution in [1.29, 1.82) is 5.26 Å². The smallest absolute Gasteiger partial charge is 0.189 e. The SMILES string of the molecule is N#Cc1ccc(/C=C2/CCc3ccccc3C2=O)cc1. The minimum atomic E-state index is 0.121. The Kier molecular flexibility index (Phi) is 3.18. The van der Waals surface area contributed by atoms with E-state index in [1.165, 1.54) is 0 Å². The molecule has 0 aromatic heterocycles. The fourth-order valence-electron chi connectivity index (χ4n) is 2.51. The average Bonchev–Trinajstić information content (AvgIpc) is 2.51. The molecule has 1 aliphatic rings. The quantitative estimate of drug-likeness (QED) is 0.731. The van der Waals surface area contributed by atoms with Crippen molar-refractivity contribution in [1.82, 2.24) is 0 Å². The first kappa shape index (κ1) is 12.4. The second-order valence-corrected chi connectivity index (χ2v) is 4.89. The molecule has 0 bridgehead atoms. The Morgan fingerprint density at radius 1 is 1.00 bits per heavy atom. The van der Waals surface area contributed by atoms with Crippen LogP contribution in [0.4, 0.5) is 0 Å². The lowest BCUT2D eigenvalue weighted by molar-refractivity contribution is 0.102. The van der Waals surface area contributed by atoms with Crippen LogP contribution >= 0.6 is 0 Å². The van der Waals surface area contributed by atoms with E-state index in [1.807, 2.05) is 42.5 Å². The summed E-state index contributed by atoms with van der Waals surface area (Å²) in [6.07, 6.45) is 3.61. The Bertz CT molecular complexity index is 733. The number of nitriles is 1. The van der Waals surface area contributed by atoms with E-state index in [2.05, 4.69) is 6.07 Å². The third kappa shape index (κ3) is 2.26. The maximum atomic E-state index is 12.4. The molecule has 0 radical (unpaired) electrons. The Morgan fingerprint density at radius 3 is 2.50 bits per heavy atom. The standard InChI is InChI=1S/C18H13NO/c19-12-14-7-5-13(6-8-14)11-16-10-9-15-3-1-2-4-17(15)18(16)20/h1-8,11H,9-10H2/b16-11-. The lowest BCUT2D eigenvalue weighted by atomic mass is 9.86.